The van der Waals surface area contributed by atoms with Gasteiger partial charge in [-0.25, -0.2) is 4.79 Å². The summed E-state index contributed by atoms with van der Waals surface area (Å²) in [6.07, 6.45) is 1.89. The van der Waals surface area contributed by atoms with Crippen LogP contribution in [0.1, 0.15) is 33.6 Å². The van der Waals surface area contributed by atoms with Gasteiger partial charge in [0.1, 0.15) is 0 Å². The van der Waals surface area contributed by atoms with E-state index in [1.54, 1.807) is 4.90 Å². The molecule has 5 nitrogen and oxygen atoms in total. The van der Waals surface area contributed by atoms with Gasteiger partial charge in [-0.1, -0.05) is 13.8 Å². The normalized spacial score (nSPS) is 21.5. The standard InChI is InChI=1S/C14H28N2O3/c1-11(2)8-13(4-6-17)9-15-14(18)16-5-7-19-12(3)10-16/h11-13,17H,4-10H2,1-3H3,(H,15,18). The fourth-order valence-corrected chi connectivity index (χ4v) is 2.50. The molecule has 1 heterocycles. The highest BCUT2D eigenvalue weighted by Crippen LogP contribution is 2.14. The topological polar surface area (TPSA) is 61.8 Å². The van der Waals surface area contributed by atoms with Crippen LogP contribution < -0.4 is 5.32 Å². The number of hydrogen-bond acceptors (Lipinski definition) is 3. The van der Waals surface area contributed by atoms with Gasteiger partial charge in [-0.2, -0.15) is 0 Å². The summed E-state index contributed by atoms with van der Waals surface area (Å²) in [5.41, 5.74) is 0. The van der Waals surface area contributed by atoms with Gasteiger partial charge in [0.2, 0.25) is 0 Å². The number of amides is 2. The van der Waals surface area contributed by atoms with Gasteiger partial charge in [0.15, 0.2) is 0 Å². The van der Waals surface area contributed by atoms with E-state index in [2.05, 4.69) is 19.2 Å². The van der Waals surface area contributed by atoms with Gasteiger partial charge in [0, 0.05) is 26.2 Å². The second kappa shape index (κ2) is 8.38. The molecule has 0 spiro atoms. The number of nitrogens with one attached hydrogen (secondary N) is 1. The number of carbonyl (C=O) groups is 1. The highest BCUT2D eigenvalue weighted by molar-refractivity contribution is 5.74. The van der Waals surface area contributed by atoms with E-state index in [-0.39, 0.29) is 18.7 Å². The first kappa shape index (κ1) is 16.2. The number of nitrogens with zero attached hydrogens (tertiary/aromatic N) is 1. The quantitative estimate of drug-likeness (QED) is 0.769. The van der Waals surface area contributed by atoms with Crippen LogP contribution >= 0.6 is 0 Å². The number of carbonyl (C=O) groups excluding carboxylic acids is 1. The molecule has 1 rings (SSSR count). The van der Waals surface area contributed by atoms with Crippen molar-refractivity contribution in [3.05, 3.63) is 0 Å². The van der Waals surface area contributed by atoms with Crippen LogP contribution in [0.5, 0.6) is 0 Å². The molecule has 19 heavy (non-hydrogen) atoms. The number of aliphatic hydroxyl groups excluding tert-OH is 1. The molecule has 2 unspecified atom stereocenters. The van der Waals surface area contributed by atoms with Gasteiger partial charge in [-0.05, 0) is 31.6 Å². The summed E-state index contributed by atoms with van der Waals surface area (Å²) < 4.78 is 5.42. The zero-order valence-corrected chi connectivity index (χ0v) is 12.4. The summed E-state index contributed by atoms with van der Waals surface area (Å²) in [5, 5.41) is 12.0. The van der Waals surface area contributed by atoms with Gasteiger partial charge in [0.05, 0.1) is 12.7 Å². The fraction of sp³-hybridized carbons (Fsp3) is 0.929. The molecule has 0 aromatic heterocycles. The highest BCUT2D eigenvalue weighted by Gasteiger charge is 2.21. The van der Waals surface area contributed by atoms with Crippen LogP contribution in [-0.2, 0) is 4.74 Å². The molecule has 1 fully saturated rings. The second-order valence-corrected chi connectivity index (χ2v) is 5.82. The Labute approximate surface area is 116 Å². The molecule has 2 amide bonds. The van der Waals surface area contributed by atoms with Crippen LogP contribution in [0.3, 0.4) is 0 Å². The van der Waals surface area contributed by atoms with Crippen molar-refractivity contribution in [3.8, 4) is 0 Å². The van der Waals surface area contributed by atoms with Crippen molar-refractivity contribution < 1.29 is 14.6 Å². The second-order valence-electron chi connectivity index (χ2n) is 5.82. The summed E-state index contributed by atoms with van der Waals surface area (Å²) in [5.74, 6) is 0.935. The van der Waals surface area contributed by atoms with E-state index in [9.17, 15) is 4.79 Å². The molecule has 1 saturated heterocycles. The van der Waals surface area contributed by atoms with E-state index >= 15 is 0 Å². The first-order chi connectivity index (χ1) is 9.02. The third-order valence-electron chi connectivity index (χ3n) is 3.41. The average molecular weight is 272 g/mol. The maximum absolute atomic E-state index is 12.0. The lowest BCUT2D eigenvalue weighted by Crippen LogP contribution is -2.49. The summed E-state index contributed by atoms with van der Waals surface area (Å²) in [4.78, 5) is 13.8. The fourth-order valence-electron chi connectivity index (χ4n) is 2.50. The van der Waals surface area contributed by atoms with E-state index < -0.39 is 0 Å². The highest BCUT2D eigenvalue weighted by atomic mass is 16.5. The van der Waals surface area contributed by atoms with Crippen molar-refractivity contribution in [2.75, 3.05) is 32.8 Å². The molecule has 0 bridgehead atoms. The average Bonchev–Trinajstić information content (AvgIpc) is 2.35. The molecule has 0 aromatic rings. The Kier molecular flexibility index (Phi) is 7.16. The predicted octanol–water partition coefficient (Wildman–Crippen LogP) is 1.46. The first-order valence-corrected chi connectivity index (χ1v) is 7.28. The summed E-state index contributed by atoms with van der Waals surface area (Å²) in [7, 11) is 0. The maximum atomic E-state index is 12.0. The molecular weight excluding hydrogens is 244 g/mol. The number of morpholine rings is 1. The molecule has 0 aliphatic carbocycles. The minimum Gasteiger partial charge on any atom is -0.396 e. The molecule has 112 valence electrons. The lowest BCUT2D eigenvalue weighted by molar-refractivity contribution is -0.00363. The zero-order valence-electron chi connectivity index (χ0n) is 12.4. The minimum atomic E-state index is -0.0122. The lowest BCUT2D eigenvalue weighted by atomic mass is 9.94. The third kappa shape index (κ3) is 6.25. The Morgan fingerprint density at radius 2 is 2.26 bits per heavy atom. The van der Waals surface area contributed by atoms with E-state index in [4.69, 9.17) is 9.84 Å². The molecule has 0 radical (unpaired) electrons. The molecule has 0 aromatic carbocycles. The van der Waals surface area contributed by atoms with E-state index in [0.29, 0.717) is 38.1 Å². The monoisotopic (exact) mass is 272 g/mol. The van der Waals surface area contributed by atoms with Crippen LogP contribution in [0.25, 0.3) is 0 Å². The minimum absolute atomic E-state index is 0.0122. The Bertz CT molecular complexity index is 271. The van der Waals surface area contributed by atoms with Gasteiger partial charge < -0.3 is 20.1 Å². The Hall–Kier alpha value is -0.810. The van der Waals surface area contributed by atoms with Crippen molar-refractivity contribution in [2.24, 2.45) is 11.8 Å². The van der Waals surface area contributed by atoms with Gasteiger partial charge in [-0.15, -0.1) is 0 Å². The van der Waals surface area contributed by atoms with Crippen LogP contribution in [0.15, 0.2) is 0 Å². The summed E-state index contributed by atoms with van der Waals surface area (Å²) in [6, 6.07) is -0.0122. The van der Waals surface area contributed by atoms with Crippen LogP contribution in [0.2, 0.25) is 0 Å². The Morgan fingerprint density at radius 3 is 2.84 bits per heavy atom. The predicted molar refractivity (Wildman–Crippen MR) is 75.0 cm³/mol. The van der Waals surface area contributed by atoms with Gasteiger partial charge in [0.25, 0.3) is 0 Å². The number of ether oxygens (including phenoxy) is 1. The smallest absolute Gasteiger partial charge is 0.317 e. The van der Waals surface area contributed by atoms with Crippen LogP contribution in [-0.4, -0.2) is 55.0 Å². The van der Waals surface area contributed by atoms with Crippen molar-refractivity contribution >= 4 is 6.03 Å². The van der Waals surface area contributed by atoms with Crippen molar-refractivity contribution in [2.45, 2.75) is 39.7 Å². The van der Waals surface area contributed by atoms with Gasteiger partial charge in [-0.3, -0.25) is 0 Å². The SMILES string of the molecule is CC(C)CC(CCO)CNC(=O)N1CCOC(C)C1. The number of rotatable bonds is 6. The van der Waals surface area contributed by atoms with Gasteiger partial charge >= 0.3 is 6.03 Å². The van der Waals surface area contributed by atoms with Crippen molar-refractivity contribution in [1.82, 2.24) is 10.2 Å². The number of urea groups is 1. The molecule has 1 aliphatic rings. The number of aliphatic hydroxyl groups is 1. The zero-order chi connectivity index (χ0) is 14.3. The maximum Gasteiger partial charge on any atom is 0.317 e. The largest absolute Gasteiger partial charge is 0.396 e. The lowest BCUT2D eigenvalue weighted by Gasteiger charge is -2.31. The summed E-state index contributed by atoms with van der Waals surface area (Å²) in [6.45, 7) is 9.05. The first-order valence-electron chi connectivity index (χ1n) is 7.28. The Balaban J connectivity index is 2.33. The van der Waals surface area contributed by atoms with E-state index in [1.165, 1.54) is 0 Å². The third-order valence-corrected chi connectivity index (χ3v) is 3.41. The molecule has 2 atom stereocenters. The van der Waals surface area contributed by atoms with Crippen molar-refractivity contribution in [3.63, 3.8) is 0 Å². The van der Waals surface area contributed by atoms with Crippen LogP contribution in [0.4, 0.5) is 4.79 Å². The molecule has 0 saturated carbocycles. The Morgan fingerprint density at radius 1 is 1.53 bits per heavy atom. The van der Waals surface area contributed by atoms with Crippen molar-refractivity contribution in [1.29, 1.82) is 0 Å². The molecule has 1 aliphatic heterocycles. The molecule has 2 N–H and O–H groups in total. The van der Waals surface area contributed by atoms with E-state index in [0.717, 1.165) is 12.8 Å². The molecule has 5 heteroatoms. The number of hydrogen-bond donors (Lipinski definition) is 2. The van der Waals surface area contributed by atoms with E-state index in [1.807, 2.05) is 6.92 Å². The summed E-state index contributed by atoms with van der Waals surface area (Å²) >= 11 is 0. The molecular formula is C14H28N2O3. The van der Waals surface area contributed by atoms with Crippen LogP contribution in [0, 0.1) is 11.8 Å².